The number of hydrogen-bond acceptors (Lipinski definition) is 4. The Kier molecular flexibility index (Phi) is 3.56. The fourth-order valence-electron chi connectivity index (χ4n) is 1.65. The molecule has 0 atom stereocenters. The van der Waals surface area contributed by atoms with Crippen molar-refractivity contribution in [2.45, 2.75) is 6.92 Å². The highest BCUT2D eigenvalue weighted by atomic mass is 16.6. The zero-order valence-electron chi connectivity index (χ0n) is 10.4. The number of aryl methyl sites for hydroxylation is 1. The Morgan fingerprint density at radius 3 is 2.74 bits per heavy atom. The molecule has 0 aliphatic rings. The van der Waals surface area contributed by atoms with E-state index in [9.17, 15) is 10.1 Å². The third-order valence-corrected chi connectivity index (χ3v) is 2.62. The Balaban J connectivity index is 2.27. The summed E-state index contributed by atoms with van der Waals surface area (Å²) in [6.07, 6.45) is 1.56. The lowest BCUT2D eigenvalue weighted by atomic mass is 10.2. The maximum atomic E-state index is 10.7. The van der Waals surface area contributed by atoms with Crippen molar-refractivity contribution >= 4 is 23.3 Å². The maximum Gasteiger partial charge on any atom is 0.270 e. The van der Waals surface area contributed by atoms with E-state index in [4.69, 9.17) is 5.73 Å². The van der Waals surface area contributed by atoms with Crippen molar-refractivity contribution in [2.24, 2.45) is 4.99 Å². The van der Waals surface area contributed by atoms with Crippen LogP contribution in [-0.2, 0) is 0 Å². The molecule has 0 fully saturated rings. The summed E-state index contributed by atoms with van der Waals surface area (Å²) >= 11 is 0. The average Bonchev–Trinajstić information content (AvgIpc) is 2.38. The van der Waals surface area contributed by atoms with Gasteiger partial charge < -0.3 is 5.73 Å². The third-order valence-electron chi connectivity index (χ3n) is 2.62. The highest BCUT2D eigenvalue weighted by Gasteiger charge is 2.04. The van der Waals surface area contributed by atoms with Gasteiger partial charge in [-0.15, -0.1) is 0 Å². The molecular weight excluding hydrogens is 242 g/mol. The number of aliphatic imine (C=N–C) groups is 1. The van der Waals surface area contributed by atoms with E-state index >= 15 is 0 Å². The SMILES string of the molecule is Cc1ccc(N=Cc2cccc([N+](=O)[O-])c2)c(N)c1. The normalized spacial score (nSPS) is 10.8. The summed E-state index contributed by atoms with van der Waals surface area (Å²) in [5.74, 6) is 0. The van der Waals surface area contributed by atoms with Crippen LogP contribution < -0.4 is 5.73 Å². The number of nitrogens with two attached hydrogens (primary N) is 1. The Morgan fingerprint density at radius 2 is 2.05 bits per heavy atom. The summed E-state index contributed by atoms with van der Waals surface area (Å²) < 4.78 is 0. The van der Waals surface area contributed by atoms with E-state index < -0.39 is 4.92 Å². The van der Waals surface area contributed by atoms with Gasteiger partial charge in [0.05, 0.1) is 16.3 Å². The van der Waals surface area contributed by atoms with Crippen LogP contribution in [-0.4, -0.2) is 11.1 Å². The number of nitrogen functional groups attached to an aromatic ring is 1. The monoisotopic (exact) mass is 255 g/mol. The zero-order chi connectivity index (χ0) is 13.8. The Bertz CT molecular complexity index is 651. The van der Waals surface area contributed by atoms with Gasteiger partial charge in [-0.2, -0.15) is 0 Å². The molecule has 0 radical (unpaired) electrons. The molecule has 0 heterocycles. The highest BCUT2D eigenvalue weighted by Crippen LogP contribution is 2.22. The van der Waals surface area contributed by atoms with Crippen molar-refractivity contribution in [3.8, 4) is 0 Å². The Hall–Kier alpha value is -2.69. The molecule has 0 unspecified atom stereocenters. The van der Waals surface area contributed by atoms with Gasteiger partial charge in [0.2, 0.25) is 0 Å². The Labute approximate surface area is 110 Å². The molecule has 0 amide bonds. The van der Waals surface area contributed by atoms with E-state index in [-0.39, 0.29) is 5.69 Å². The molecule has 2 rings (SSSR count). The third kappa shape index (κ3) is 3.16. The molecule has 2 aromatic rings. The van der Waals surface area contributed by atoms with Crippen LogP contribution >= 0.6 is 0 Å². The van der Waals surface area contributed by atoms with Crippen molar-refractivity contribution in [2.75, 3.05) is 5.73 Å². The molecule has 0 bridgehead atoms. The summed E-state index contributed by atoms with van der Waals surface area (Å²) in [5, 5.41) is 10.7. The van der Waals surface area contributed by atoms with Gasteiger partial charge in [-0.3, -0.25) is 15.1 Å². The van der Waals surface area contributed by atoms with E-state index in [1.807, 2.05) is 25.1 Å². The van der Waals surface area contributed by atoms with Crippen LogP contribution in [0.3, 0.4) is 0 Å². The molecular formula is C14H13N3O2. The summed E-state index contributed by atoms with van der Waals surface area (Å²) in [7, 11) is 0. The summed E-state index contributed by atoms with van der Waals surface area (Å²) in [6, 6.07) is 11.8. The van der Waals surface area contributed by atoms with Crippen molar-refractivity contribution in [1.29, 1.82) is 0 Å². The minimum absolute atomic E-state index is 0.0424. The van der Waals surface area contributed by atoms with Crippen molar-refractivity contribution in [3.63, 3.8) is 0 Å². The second kappa shape index (κ2) is 5.30. The predicted octanol–water partition coefficient (Wildman–Crippen LogP) is 3.24. The number of rotatable bonds is 3. The molecule has 2 N–H and O–H groups in total. The van der Waals surface area contributed by atoms with Gasteiger partial charge in [0, 0.05) is 18.3 Å². The molecule has 96 valence electrons. The quantitative estimate of drug-likeness (QED) is 0.395. The summed E-state index contributed by atoms with van der Waals surface area (Å²) in [5.41, 5.74) is 8.84. The molecule has 19 heavy (non-hydrogen) atoms. The second-order valence-corrected chi connectivity index (χ2v) is 4.17. The van der Waals surface area contributed by atoms with Gasteiger partial charge in [0.15, 0.2) is 0 Å². The van der Waals surface area contributed by atoms with Gasteiger partial charge in [0.25, 0.3) is 5.69 Å². The average molecular weight is 255 g/mol. The molecule has 0 spiro atoms. The first-order chi connectivity index (χ1) is 9.06. The van der Waals surface area contributed by atoms with Crippen LogP contribution in [0.25, 0.3) is 0 Å². The predicted molar refractivity (Wildman–Crippen MR) is 75.9 cm³/mol. The lowest BCUT2D eigenvalue weighted by molar-refractivity contribution is -0.384. The molecule has 5 nitrogen and oxygen atoms in total. The zero-order valence-corrected chi connectivity index (χ0v) is 10.4. The topological polar surface area (TPSA) is 81.5 Å². The summed E-state index contributed by atoms with van der Waals surface area (Å²) in [4.78, 5) is 14.5. The fourth-order valence-corrected chi connectivity index (χ4v) is 1.65. The van der Waals surface area contributed by atoms with E-state index in [0.717, 1.165) is 5.56 Å². The van der Waals surface area contributed by atoms with Gasteiger partial charge in [0.1, 0.15) is 0 Å². The van der Waals surface area contributed by atoms with Gasteiger partial charge in [-0.05, 0) is 30.2 Å². The molecule has 0 aliphatic carbocycles. The lowest BCUT2D eigenvalue weighted by Gasteiger charge is -2.01. The number of nitro groups is 1. The molecule has 2 aromatic carbocycles. The van der Waals surface area contributed by atoms with Crippen LogP contribution in [0.4, 0.5) is 17.1 Å². The number of nitro benzene ring substituents is 1. The number of benzene rings is 2. The minimum Gasteiger partial charge on any atom is -0.397 e. The van der Waals surface area contributed by atoms with E-state index in [1.165, 1.54) is 12.1 Å². The van der Waals surface area contributed by atoms with Crippen molar-refractivity contribution < 1.29 is 4.92 Å². The highest BCUT2D eigenvalue weighted by molar-refractivity contribution is 5.84. The van der Waals surface area contributed by atoms with Crippen molar-refractivity contribution in [3.05, 3.63) is 63.7 Å². The minimum atomic E-state index is -0.433. The number of nitrogens with zero attached hydrogens (tertiary/aromatic N) is 2. The standard InChI is InChI=1S/C14H13N3O2/c1-10-5-6-14(13(15)7-10)16-9-11-3-2-4-12(8-11)17(18)19/h2-9H,15H2,1H3. The van der Waals surface area contributed by atoms with Crippen LogP contribution in [0, 0.1) is 17.0 Å². The van der Waals surface area contributed by atoms with E-state index in [1.54, 1.807) is 18.3 Å². The number of hydrogen-bond donors (Lipinski definition) is 1. The number of non-ortho nitro benzene ring substituents is 1. The number of anilines is 1. The first-order valence-electron chi connectivity index (χ1n) is 5.71. The van der Waals surface area contributed by atoms with Crippen LogP contribution in [0.5, 0.6) is 0 Å². The largest absolute Gasteiger partial charge is 0.397 e. The Morgan fingerprint density at radius 1 is 1.26 bits per heavy atom. The summed E-state index contributed by atoms with van der Waals surface area (Å²) in [6.45, 7) is 1.95. The van der Waals surface area contributed by atoms with E-state index in [0.29, 0.717) is 16.9 Å². The second-order valence-electron chi connectivity index (χ2n) is 4.17. The van der Waals surface area contributed by atoms with Crippen LogP contribution in [0.2, 0.25) is 0 Å². The van der Waals surface area contributed by atoms with Crippen molar-refractivity contribution in [1.82, 2.24) is 0 Å². The van der Waals surface area contributed by atoms with Gasteiger partial charge in [-0.25, -0.2) is 0 Å². The molecule has 0 aliphatic heterocycles. The van der Waals surface area contributed by atoms with Crippen LogP contribution in [0.1, 0.15) is 11.1 Å². The first kappa shape index (κ1) is 12.8. The fraction of sp³-hybridized carbons (Fsp3) is 0.0714. The van der Waals surface area contributed by atoms with Gasteiger partial charge >= 0.3 is 0 Å². The van der Waals surface area contributed by atoms with Gasteiger partial charge in [-0.1, -0.05) is 18.2 Å². The molecule has 0 saturated heterocycles. The molecule has 0 saturated carbocycles. The smallest absolute Gasteiger partial charge is 0.270 e. The lowest BCUT2D eigenvalue weighted by Crippen LogP contribution is -1.90. The van der Waals surface area contributed by atoms with E-state index in [2.05, 4.69) is 4.99 Å². The molecule has 0 aromatic heterocycles. The van der Waals surface area contributed by atoms with Crippen LogP contribution in [0.15, 0.2) is 47.5 Å². The maximum absolute atomic E-state index is 10.7. The molecule has 5 heteroatoms. The first-order valence-corrected chi connectivity index (χ1v) is 5.71.